The molecule has 0 spiro atoms. The van der Waals surface area contributed by atoms with Crippen molar-refractivity contribution in [2.75, 3.05) is 19.6 Å². The number of benzene rings is 4. The first-order chi connectivity index (χ1) is 26.8. The van der Waals surface area contributed by atoms with E-state index in [4.69, 9.17) is 4.74 Å². The maximum absolute atomic E-state index is 13.2. The summed E-state index contributed by atoms with van der Waals surface area (Å²) in [5, 5.41) is 6.88. The number of carbonyl (C=O) groups is 1. The second kappa shape index (κ2) is 18.9. The number of rotatable bonds is 10. The average Bonchev–Trinajstić information content (AvgIpc) is 3.83. The molecule has 0 unspecified atom stereocenters. The lowest BCUT2D eigenvalue weighted by Gasteiger charge is -2.28. The Balaban J connectivity index is 0.000000224. The number of alkyl halides is 6. The molecule has 57 heavy (non-hydrogen) atoms. The van der Waals surface area contributed by atoms with Gasteiger partial charge in [0.1, 0.15) is 5.60 Å². The molecule has 1 atom stereocenters. The van der Waals surface area contributed by atoms with Crippen molar-refractivity contribution >= 4 is 6.09 Å². The predicted molar refractivity (Wildman–Crippen MR) is 215 cm³/mol. The van der Waals surface area contributed by atoms with Crippen molar-refractivity contribution in [2.24, 2.45) is 5.92 Å². The molecule has 2 aliphatic rings. The van der Waals surface area contributed by atoms with Gasteiger partial charge in [0.15, 0.2) is 0 Å². The highest BCUT2D eigenvalue weighted by Crippen LogP contribution is 2.35. The summed E-state index contributed by atoms with van der Waals surface area (Å²) in [5.41, 5.74) is 4.24. The number of halogens is 6. The average molecular weight is 796 g/mol. The number of carbonyl (C=O) groups excluding carboxylic acids is 1. The van der Waals surface area contributed by atoms with Crippen molar-refractivity contribution in [3.63, 3.8) is 0 Å². The summed E-state index contributed by atoms with van der Waals surface area (Å²) in [6, 6.07) is 23.7. The van der Waals surface area contributed by atoms with Crippen LogP contribution in [-0.2, 0) is 30.2 Å². The predicted octanol–water partition coefficient (Wildman–Crippen LogP) is 12.1. The van der Waals surface area contributed by atoms with Crippen molar-refractivity contribution in [1.29, 1.82) is 0 Å². The monoisotopic (exact) mass is 795 g/mol. The van der Waals surface area contributed by atoms with Gasteiger partial charge in [-0.1, -0.05) is 61.4 Å². The highest BCUT2D eigenvalue weighted by Gasteiger charge is 2.33. The van der Waals surface area contributed by atoms with E-state index < -0.39 is 29.1 Å². The minimum Gasteiger partial charge on any atom is -0.444 e. The summed E-state index contributed by atoms with van der Waals surface area (Å²) in [6.45, 7) is 12.6. The van der Waals surface area contributed by atoms with Crippen LogP contribution in [0.1, 0.15) is 92.7 Å². The summed E-state index contributed by atoms with van der Waals surface area (Å²) in [7, 11) is 0. The zero-order chi connectivity index (χ0) is 41.4. The summed E-state index contributed by atoms with van der Waals surface area (Å²) in [5.74, 6) is 0.772. The number of hydrogen-bond donors (Lipinski definition) is 2. The second-order valence-electron chi connectivity index (χ2n) is 16.5. The van der Waals surface area contributed by atoms with Crippen LogP contribution in [0.5, 0.6) is 0 Å². The first kappa shape index (κ1) is 43.8. The van der Waals surface area contributed by atoms with Gasteiger partial charge in [-0.25, -0.2) is 4.79 Å². The number of nitrogens with zero attached hydrogens (tertiary/aromatic N) is 1. The molecule has 1 saturated carbocycles. The van der Waals surface area contributed by atoms with E-state index in [2.05, 4.69) is 10.6 Å². The topological polar surface area (TPSA) is 53.6 Å². The van der Waals surface area contributed by atoms with Crippen LogP contribution >= 0.6 is 0 Å². The lowest BCUT2D eigenvalue weighted by molar-refractivity contribution is -0.138. The third-order valence-electron chi connectivity index (χ3n) is 10.3. The molecule has 11 heteroatoms. The Morgan fingerprint density at radius 3 is 1.61 bits per heavy atom. The second-order valence-corrected chi connectivity index (χ2v) is 16.5. The first-order valence-electron chi connectivity index (χ1n) is 19.8. The van der Waals surface area contributed by atoms with Gasteiger partial charge in [-0.05, 0) is 154 Å². The van der Waals surface area contributed by atoms with Crippen molar-refractivity contribution in [3.05, 3.63) is 118 Å². The smallest absolute Gasteiger partial charge is 0.416 e. The maximum atomic E-state index is 13.2. The fourth-order valence-electron chi connectivity index (χ4n) is 7.58. The molecule has 4 aromatic rings. The lowest BCUT2D eigenvalue weighted by atomic mass is 9.98. The molecule has 2 N–H and O–H groups in total. The number of amides is 1. The molecule has 1 aliphatic carbocycles. The van der Waals surface area contributed by atoms with Crippen LogP contribution in [0.4, 0.5) is 31.1 Å². The number of hydrogen-bond acceptors (Lipinski definition) is 4. The highest BCUT2D eigenvalue weighted by molar-refractivity contribution is 5.69. The molecule has 1 saturated heterocycles. The molecular formula is C46H55F6N3O2. The molecule has 4 aromatic carbocycles. The van der Waals surface area contributed by atoms with Gasteiger partial charge in [-0.2, -0.15) is 26.3 Å². The number of likely N-dealkylation sites (tertiary alicyclic amines) is 1. The number of aryl methyl sites for hydroxylation is 2. The van der Waals surface area contributed by atoms with Crippen molar-refractivity contribution in [3.8, 4) is 22.3 Å². The van der Waals surface area contributed by atoms with Gasteiger partial charge in [0.25, 0.3) is 0 Å². The van der Waals surface area contributed by atoms with E-state index in [-0.39, 0.29) is 12.1 Å². The number of nitrogens with one attached hydrogen (secondary N) is 2. The highest BCUT2D eigenvalue weighted by atomic mass is 19.4. The normalized spacial score (nSPS) is 16.4. The number of ether oxygens (including phenoxy) is 1. The molecule has 1 heterocycles. The van der Waals surface area contributed by atoms with Gasteiger partial charge < -0.3 is 20.3 Å². The van der Waals surface area contributed by atoms with Crippen LogP contribution in [0.25, 0.3) is 22.3 Å². The largest absolute Gasteiger partial charge is 0.444 e. The minimum absolute atomic E-state index is 0.0687. The van der Waals surface area contributed by atoms with E-state index in [1.807, 2.05) is 69.3 Å². The molecule has 0 aromatic heterocycles. The van der Waals surface area contributed by atoms with Gasteiger partial charge in [0, 0.05) is 32.2 Å². The summed E-state index contributed by atoms with van der Waals surface area (Å²) in [4.78, 5) is 14.2. The van der Waals surface area contributed by atoms with E-state index in [0.717, 1.165) is 60.2 Å². The lowest BCUT2D eigenvalue weighted by Crippen LogP contribution is -2.44. The van der Waals surface area contributed by atoms with Crippen molar-refractivity contribution in [2.45, 2.75) is 110 Å². The van der Waals surface area contributed by atoms with Crippen LogP contribution in [-0.4, -0.2) is 42.3 Å². The Bertz CT molecular complexity index is 1950. The molecular weight excluding hydrogens is 741 g/mol. The van der Waals surface area contributed by atoms with Crippen LogP contribution in [0.3, 0.4) is 0 Å². The molecule has 1 aliphatic heterocycles. The van der Waals surface area contributed by atoms with Gasteiger partial charge in [-0.15, -0.1) is 0 Å². The fraction of sp³-hybridized carbons (Fsp3) is 0.457. The Morgan fingerprint density at radius 1 is 0.649 bits per heavy atom. The third kappa shape index (κ3) is 13.4. The Hall–Kier alpha value is -4.35. The molecule has 0 radical (unpaired) electrons. The zero-order valence-electron chi connectivity index (χ0n) is 33.5. The van der Waals surface area contributed by atoms with Gasteiger partial charge in [-0.3, -0.25) is 0 Å². The zero-order valence-corrected chi connectivity index (χ0v) is 33.5. The summed E-state index contributed by atoms with van der Waals surface area (Å²) < 4.78 is 84.2. The molecule has 0 bridgehead atoms. The molecule has 308 valence electrons. The van der Waals surface area contributed by atoms with Crippen LogP contribution < -0.4 is 10.6 Å². The Labute approximate surface area is 333 Å². The van der Waals surface area contributed by atoms with Gasteiger partial charge in [0.2, 0.25) is 0 Å². The fourth-order valence-corrected chi connectivity index (χ4v) is 7.58. The Kier molecular flexibility index (Phi) is 14.5. The molecule has 6 rings (SSSR count). The van der Waals surface area contributed by atoms with E-state index >= 15 is 0 Å². The maximum Gasteiger partial charge on any atom is 0.416 e. The SMILES string of the molecule is Cc1cc(-c2cccc(CNCC3CCCC3)c2)cc(C(F)(F)F)c1.Cc1cc(-c2cccc(CNC[C@@H]3CCCN3C(=O)OC(C)(C)C)c2)cc(C(F)(F)F)c1. The molecule has 1 amide bonds. The van der Waals surface area contributed by atoms with E-state index in [1.165, 1.54) is 43.9 Å². The minimum atomic E-state index is -4.37. The van der Waals surface area contributed by atoms with Gasteiger partial charge >= 0.3 is 18.4 Å². The third-order valence-corrected chi connectivity index (χ3v) is 10.3. The van der Waals surface area contributed by atoms with Crippen molar-refractivity contribution in [1.82, 2.24) is 15.5 Å². The van der Waals surface area contributed by atoms with E-state index in [1.54, 1.807) is 30.9 Å². The summed E-state index contributed by atoms with van der Waals surface area (Å²) in [6.07, 6.45) is -1.86. The Morgan fingerprint density at radius 2 is 1.14 bits per heavy atom. The molecule has 5 nitrogen and oxygen atoms in total. The van der Waals surface area contributed by atoms with Crippen LogP contribution in [0.2, 0.25) is 0 Å². The summed E-state index contributed by atoms with van der Waals surface area (Å²) >= 11 is 0. The van der Waals surface area contributed by atoms with Crippen LogP contribution in [0, 0.1) is 19.8 Å². The first-order valence-corrected chi connectivity index (χ1v) is 19.8. The van der Waals surface area contributed by atoms with Crippen molar-refractivity contribution < 1.29 is 35.9 Å². The van der Waals surface area contributed by atoms with Gasteiger partial charge in [0.05, 0.1) is 11.1 Å². The quantitative estimate of drug-likeness (QED) is 0.157. The standard InChI is InChI=1S/C25H31F3N2O2.C21H24F3N/c1-17-11-20(14-21(12-17)25(26,27)28)19-8-5-7-18(13-19)15-29-16-22-9-6-10-30(22)23(31)32-24(2,3)4;1-15-9-19(12-20(10-15)21(22,23)24)18-8-4-7-17(11-18)14-25-13-16-5-2-3-6-16/h5,7-8,11-14,22,29H,6,9-10,15-16H2,1-4H3;4,7-12,16,25H,2-3,5-6,13-14H2,1H3/t22-;/m0./s1. The van der Waals surface area contributed by atoms with E-state index in [9.17, 15) is 31.1 Å². The molecule has 2 fully saturated rings. The van der Waals surface area contributed by atoms with Crippen LogP contribution in [0.15, 0.2) is 84.9 Å². The van der Waals surface area contributed by atoms with E-state index in [0.29, 0.717) is 41.9 Å².